The summed E-state index contributed by atoms with van der Waals surface area (Å²) in [7, 11) is 0. The van der Waals surface area contributed by atoms with Gasteiger partial charge in [-0.3, -0.25) is 4.79 Å². The third-order valence-corrected chi connectivity index (χ3v) is 3.63. The van der Waals surface area contributed by atoms with Crippen LogP contribution in [0.5, 0.6) is 0 Å². The number of fused-ring (bicyclic) bond motifs is 1. The van der Waals surface area contributed by atoms with E-state index < -0.39 is 0 Å². The van der Waals surface area contributed by atoms with Crippen molar-refractivity contribution in [2.75, 3.05) is 11.1 Å². The monoisotopic (exact) mass is 295 g/mol. The zero-order chi connectivity index (χ0) is 15.7. The molecule has 0 fully saturated rings. The van der Waals surface area contributed by atoms with Crippen LogP contribution in [0, 0.1) is 13.8 Å². The first kappa shape index (κ1) is 14.1. The Morgan fingerprint density at radius 2 is 2.05 bits per heavy atom. The van der Waals surface area contributed by atoms with Crippen molar-refractivity contribution in [2.24, 2.45) is 0 Å². The molecule has 0 aliphatic rings. The normalized spacial score (nSPS) is 10.8. The number of nitrogen functional groups attached to an aromatic ring is 1. The molecule has 0 unspecified atom stereocenters. The van der Waals surface area contributed by atoms with Crippen LogP contribution >= 0.6 is 0 Å². The van der Waals surface area contributed by atoms with E-state index in [1.54, 1.807) is 22.9 Å². The lowest BCUT2D eigenvalue weighted by Crippen LogP contribution is -2.20. The molecule has 0 bridgehead atoms. The smallest absolute Gasteiger partial charge is 0.245 e. The Morgan fingerprint density at radius 3 is 2.77 bits per heavy atom. The minimum atomic E-state index is -0.192. The van der Waals surface area contributed by atoms with E-state index in [4.69, 9.17) is 5.73 Å². The molecule has 3 aromatic rings. The fourth-order valence-electron chi connectivity index (χ4n) is 2.33. The van der Waals surface area contributed by atoms with Gasteiger partial charge in [0.25, 0.3) is 0 Å². The Balaban J connectivity index is 1.89. The molecule has 22 heavy (non-hydrogen) atoms. The molecule has 2 aromatic heterocycles. The van der Waals surface area contributed by atoms with Gasteiger partial charge in [0.05, 0.1) is 11.0 Å². The van der Waals surface area contributed by atoms with E-state index in [2.05, 4.69) is 15.3 Å². The Labute approximate surface area is 128 Å². The molecule has 2 heterocycles. The summed E-state index contributed by atoms with van der Waals surface area (Å²) in [5.41, 5.74) is 9.89. The van der Waals surface area contributed by atoms with Crippen LogP contribution in [-0.2, 0) is 11.3 Å². The van der Waals surface area contributed by atoms with Gasteiger partial charge in [0.15, 0.2) is 0 Å². The number of aryl methyl sites for hydroxylation is 2. The number of nitrogens with two attached hydrogens (primary N) is 1. The lowest BCUT2D eigenvalue weighted by atomic mass is 10.1. The molecular weight excluding hydrogens is 278 g/mol. The molecule has 0 saturated heterocycles. The van der Waals surface area contributed by atoms with Crippen molar-refractivity contribution in [1.82, 2.24) is 14.5 Å². The van der Waals surface area contributed by atoms with Gasteiger partial charge in [0.2, 0.25) is 11.9 Å². The molecule has 0 aliphatic carbocycles. The number of aromatic nitrogens is 3. The molecule has 6 heteroatoms. The van der Waals surface area contributed by atoms with E-state index in [9.17, 15) is 4.79 Å². The van der Waals surface area contributed by atoms with Crippen LogP contribution in [0.1, 0.15) is 11.1 Å². The summed E-state index contributed by atoms with van der Waals surface area (Å²) in [5, 5.41) is 2.74. The van der Waals surface area contributed by atoms with E-state index in [-0.39, 0.29) is 12.5 Å². The topological polar surface area (TPSA) is 85.8 Å². The van der Waals surface area contributed by atoms with Crippen LogP contribution in [0.25, 0.3) is 11.0 Å². The zero-order valence-corrected chi connectivity index (χ0v) is 12.5. The van der Waals surface area contributed by atoms with Gasteiger partial charge in [-0.1, -0.05) is 6.07 Å². The quantitative estimate of drug-likeness (QED) is 0.776. The number of hydrogen-bond acceptors (Lipinski definition) is 4. The molecule has 112 valence electrons. The minimum absolute atomic E-state index is 0.0986. The second kappa shape index (κ2) is 5.48. The Kier molecular flexibility index (Phi) is 3.50. The van der Waals surface area contributed by atoms with Crippen molar-refractivity contribution in [2.45, 2.75) is 20.4 Å². The number of carbonyl (C=O) groups excluding carboxylic acids is 1. The second-order valence-electron chi connectivity index (χ2n) is 5.24. The minimum Gasteiger partial charge on any atom is -0.369 e. The lowest BCUT2D eigenvalue weighted by Gasteiger charge is -2.08. The fraction of sp³-hybridized carbons (Fsp3) is 0.188. The summed E-state index contributed by atoms with van der Waals surface area (Å²) < 4.78 is 1.71. The van der Waals surface area contributed by atoms with Crippen LogP contribution in [-0.4, -0.2) is 20.4 Å². The molecule has 6 nitrogen and oxygen atoms in total. The van der Waals surface area contributed by atoms with E-state index in [0.717, 1.165) is 22.2 Å². The highest BCUT2D eigenvalue weighted by molar-refractivity contribution is 5.91. The first-order valence-corrected chi connectivity index (χ1v) is 6.98. The number of benzene rings is 1. The number of hydrogen-bond donors (Lipinski definition) is 2. The van der Waals surface area contributed by atoms with Crippen LogP contribution in [0.4, 0.5) is 11.8 Å². The van der Waals surface area contributed by atoms with Crippen molar-refractivity contribution in [3.63, 3.8) is 0 Å². The molecule has 1 amide bonds. The average molecular weight is 295 g/mol. The Bertz CT molecular complexity index is 839. The lowest BCUT2D eigenvalue weighted by molar-refractivity contribution is -0.116. The molecule has 0 radical (unpaired) electrons. The molecule has 3 rings (SSSR count). The highest BCUT2D eigenvalue weighted by atomic mass is 16.2. The molecule has 0 atom stereocenters. The standard InChI is InChI=1S/C16H17N5O/c1-10-7-12-13(8-11(10)2)21(16(17)19-12)9-15(22)20-14-5-3-4-6-18-14/h3-8H,9H2,1-2H3,(H2,17,19)(H,18,20,22). The predicted molar refractivity (Wildman–Crippen MR) is 86.5 cm³/mol. The SMILES string of the molecule is Cc1cc2nc(N)n(CC(=O)Nc3ccccn3)c2cc1C. The van der Waals surface area contributed by atoms with Gasteiger partial charge in [-0.25, -0.2) is 9.97 Å². The number of anilines is 2. The maximum atomic E-state index is 12.2. The molecule has 0 saturated carbocycles. The zero-order valence-electron chi connectivity index (χ0n) is 12.5. The van der Waals surface area contributed by atoms with Gasteiger partial charge in [0, 0.05) is 6.20 Å². The number of pyridine rings is 1. The fourth-order valence-corrected chi connectivity index (χ4v) is 2.33. The number of amides is 1. The van der Waals surface area contributed by atoms with Gasteiger partial charge in [-0.05, 0) is 49.2 Å². The summed E-state index contributed by atoms with van der Waals surface area (Å²) in [6.45, 7) is 4.15. The average Bonchev–Trinajstić information content (AvgIpc) is 2.76. The van der Waals surface area contributed by atoms with Crippen LogP contribution in [0.2, 0.25) is 0 Å². The van der Waals surface area contributed by atoms with Gasteiger partial charge in [-0.2, -0.15) is 0 Å². The van der Waals surface area contributed by atoms with Crippen molar-refractivity contribution in [3.8, 4) is 0 Å². The number of carbonyl (C=O) groups is 1. The highest BCUT2D eigenvalue weighted by Crippen LogP contribution is 2.22. The molecule has 3 N–H and O–H groups in total. The summed E-state index contributed by atoms with van der Waals surface area (Å²) in [4.78, 5) is 20.6. The maximum absolute atomic E-state index is 12.2. The number of nitrogens with one attached hydrogen (secondary N) is 1. The van der Waals surface area contributed by atoms with Gasteiger partial charge < -0.3 is 15.6 Å². The van der Waals surface area contributed by atoms with Crippen molar-refractivity contribution < 1.29 is 4.79 Å². The van der Waals surface area contributed by atoms with Gasteiger partial charge in [-0.15, -0.1) is 0 Å². The molecule has 0 spiro atoms. The second-order valence-corrected chi connectivity index (χ2v) is 5.24. The third-order valence-electron chi connectivity index (χ3n) is 3.63. The number of nitrogens with zero attached hydrogens (tertiary/aromatic N) is 3. The molecule has 0 aliphatic heterocycles. The largest absolute Gasteiger partial charge is 0.369 e. The Hall–Kier alpha value is -2.89. The number of imidazole rings is 1. The van der Waals surface area contributed by atoms with E-state index in [1.165, 1.54) is 0 Å². The van der Waals surface area contributed by atoms with E-state index in [0.29, 0.717) is 11.8 Å². The molecule has 1 aromatic carbocycles. The first-order chi connectivity index (χ1) is 10.5. The van der Waals surface area contributed by atoms with Gasteiger partial charge in [0.1, 0.15) is 12.4 Å². The highest BCUT2D eigenvalue weighted by Gasteiger charge is 2.13. The summed E-state index contributed by atoms with van der Waals surface area (Å²) >= 11 is 0. The maximum Gasteiger partial charge on any atom is 0.245 e. The van der Waals surface area contributed by atoms with Crippen LogP contribution < -0.4 is 11.1 Å². The molecular formula is C16H17N5O. The van der Waals surface area contributed by atoms with Crippen molar-refractivity contribution in [3.05, 3.63) is 47.7 Å². The Morgan fingerprint density at radius 1 is 1.27 bits per heavy atom. The van der Waals surface area contributed by atoms with Crippen molar-refractivity contribution in [1.29, 1.82) is 0 Å². The van der Waals surface area contributed by atoms with E-state index >= 15 is 0 Å². The predicted octanol–water partition coefficient (Wildman–Crippen LogP) is 2.27. The number of rotatable bonds is 3. The van der Waals surface area contributed by atoms with Crippen LogP contribution in [0.15, 0.2) is 36.5 Å². The van der Waals surface area contributed by atoms with Crippen molar-refractivity contribution >= 4 is 28.7 Å². The summed E-state index contributed by atoms with van der Waals surface area (Å²) in [5.74, 6) is 0.654. The summed E-state index contributed by atoms with van der Waals surface area (Å²) in [6.07, 6.45) is 1.63. The third kappa shape index (κ3) is 2.63. The summed E-state index contributed by atoms with van der Waals surface area (Å²) in [6, 6.07) is 9.33. The first-order valence-electron chi connectivity index (χ1n) is 6.98. The van der Waals surface area contributed by atoms with E-state index in [1.807, 2.05) is 32.0 Å². The van der Waals surface area contributed by atoms with Gasteiger partial charge >= 0.3 is 0 Å². The van der Waals surface area contributed by atoms with Crippen LogP contribution in [0.3, 0.4) is 0 Å².